The summed E-state index contributed by atoms with van der Waals surface area (Å²) >= 11 is 4.09. The van der Waals surface area contributed by atoms with Gasteiger partial charge in [0.05, 0.1) is 0 Å². The maximum absolute atomic E-state index is 11.6. The molecule has 1 aliphatic rings. The van der Waals surface area contributed by atoms with Crippen LogP contribution in [0.3, 0.4) is 0 Å². The summed E-state index contributed by atoms with van der Waals surface area (Å²) in [7, 11) is 0. The summed E-state index contributed by atoms with van der Waals surface area (Å²) in [6.45, 7) is 11.3. The van der Waals surface area contributed by atoms with Crippen molar-refractivity contribution in [2.75, 3.05) is 19.6 Å². The zero-order chi connectivity index (χ0) is 12.3. The van der Waals surface area contributed by atoms with E-state index in [0.29, 0.717) is 25.7 Å². The Morgan fingerprint density at radius 2 is 2.12 bits per heavy atom. The number of amides is 1. The zero-order valence-corrected chi connectivity index (χ0v) is 11.0. The van der Waals surface area contributed by atoms with Gasteiger partial charge in [0.25, 0.3) is 0 Å². The smallest absolute Gasteiger partial charge is 0.410 e. The lowest BCUT2D eigenvalue weighted by molar-refractivity contribution is 0.00569. The Balaban J connectivity index is 2.20. The average Bonchev–Trinajstić information content (AvgIpc) is 1.96. The van der Waals surface area contributed by atoms with Crippen molar-refractivity contribution in [1.29, 1.82) is 0 Å². The molecule has 1 saturated heterocycles. The highest BCUT2D eigenvalue weighted by Crippen LogP contribution is 2.15. The predicted octanol–water partition coefficient (Wildman–Crippen LogP) is 1.64. The molecule has 1 amide bonds. The van der Waals surface area contributed by atoms with Crippen molar-refractivity contribution in [1.82, 2.24) is 10.2 Å². The third kappa shape index (κ3) is 4.45. The van der Waals surface area contributed by atoms with Gasteiger partial charge in [-0.2, -0.15) is 0 Å². The molecule has 0 atom stereocenters. The Morgan fingerprint density at radius 3 is 2.56 bits per heavy atom. The molecule has 0 saturated carbocycles. The molecule has 1 rings (SSSR count). The summed E-state index contributed by atoms with van der Waals surface area (Å²) in [5.74, 6) is 0. The monoisotopic (exact) mass is 244 g/mol. The van der Waals surface area contributed by atoms with Gasteiger partial charge in [-0.25, -0.2) is 4.79 Å². The van der Waals surface area contributed by atoms with Gasteiger partial charge in [-0.15, -0.1) is 12.6 Å². The normalized spacial score (nSPS) is 16.9. The molecular formula is C11H20N2O2S. The van der Waals surface area contributed by atoms with Crippen molar-refractivity contribution in [3.8, 4) is 0 Å². The minimum atomic E-state index is -0.422. The minimum absolute atomic E-state index is 0.241. The van der Waals surface area contributed by atoms with Crippen LogP contribution in [0.2, 0.25) is 0 Å². The lowest BCUT2D eigenvalue weighted by atomic mass is 10.1. The first-order valence-electron chi connectivity index (χ1n) is 5.36. The van der Waals surface area contributed by atoms with Gasteiger partial charge in [0.15, 0.2) is 0 Å². The molecule has 0 aromatic heterocycles. The topological polar surface area (TPSA) is 41.6 Å². The molecule has 5 heteroatoms. The molecule has 0 aromatic carbocycles. The number of carbonyl (C=O) groups excluding carboxylic acids is 1. The molecule has 0 aliphatic carbocycles. The van der Waals surface area contributed by atoms with Crippen LogP contribution >= 0.6 is 12.6 Å². The number of hydrogen-bond donors (Lipinski definition) is 2. The molecule has 1 N–H and O–H groups in total. The van der Waals surface area contributed by atoms with Crippen LogP contribution in [0.5, 0.6) is 0 Å². The first-order valence-corrected chi connectivity index (χ1v) is 5.81. The number of hydrogen-bond acceptors (Lipinski definition) is 4. The van der Waals surface area contributed by atoms with E-state index in [1.54, 1.807) is 4.90 Å². The summed E-state index contributed by atoms with van der Waals surface area (Å²) < 4.78 is 5.24. The van der Waals surface area contributed by atoms with Crippen molar-refractivity contribution in [3.63, 3.8) is 0 Å². The van der Waals surface area contributed by atoms with Crippen LogP contribution in [0, 0.1) is 0 Å². The summed E-state index contributed by atoms with van der Waals surface area (Å²) in [5, 5.41) is 3.24. The Morgan fingerprint density at radius 1 is 1.56 bits per heavy atom. The van der Waals surface area contributed by atoms with Crippen LogP contribution in [0.1, 0.15) is 20.8 Å². The molecule has 0 aromatic rings. The number of rotatable bonds is 3. The number of carbonyl (C=O) groups is 1. The van der Waals surface area contributed by atoms with Gasteiger partial charge in [0.2, 0.25) is 0 Å². The first-order chi connectivity index (χ1) is 7.28. The Kier molecular flexibility index (Phi) is 4.27. The fourth-order valence-electron chi connectivity index (χ4n) is 1.35. The lowest BCUT2D eigenvalue weighted by Gasteiger charge is -2.40. The van der Waals surface area contributed by atoms with Crippen LogP contribution in [0.15, 0.2) is 11.5 Å². The predicted molar refractivity (Wildman–Crippen MR) is 67.7 cm³/mol. The number of thiol groups is 1. The lowest BCUT2D eigenvalue weighted by Crippen LogP contribution is -2.60. The highest BCUT2D eigenvalue weighted by Gasteiger charge is 2.33. The highest BCUT2D eigenvalue weighted by molar-refractivity contribution is 7.84. The van der Waals surface area contributed by atoms with E-state index in [1.165, 1.54) is 0 Å². The van der Waals surface area contributed by atoms with Gasteiger partial charge in [0, 0.05) is 25.7 Å². The van der Waals surface area contributed by atoms with Crippen molar-refractivity contribution < 1.29 is 9.53 Å². The van der Waals surface area contributed by atoms with E-state index in [-0.39, 0.29) is 6.09 Å². The number of likely N-dealkylation sites (tertiary alicyclic amines) is 1. The molecule has 0 unspecified atom stereocenters. The van der Waals surface area contributed by atoms with Crippen LogP contribution in [-0.4, -0.2) is 42.3 Å². The third-order valence-electron chi connectivity index (χ3n) is 2.13. The van der Waals surface area contributed by atoms with E-state index in [4.69, 9.17) is 4.74 Å². The van der Waals surface area contributed by atoms with Crippen LogP contribution < -0.4 is 5.32 Å². The molecule has 4 nitrogen and oxygen atoms in total. The van der Waals surface area contributed by atoms with Crippen molar-refractivity contribution in [2.45, 2.75) is 32.4 Å². The van der Waals surface area contributed by atoms with Crippen molar-refractivity contribution in [3.05, 3.63) is 11.5 Å². The van der Waals surface area contributed by atoms with E-state index in [0.717, 1.165) is 4.91 Å². The van der Waals surface area contributed by atoms with E-state index in [9.17, 15) is 4.79 Å². The molecule has 0 spiro atoms. The number of nitrogens with zero attached hydrogens (tertiary/aromatic N) is 1. The van der Waals surface area contributed by atoms with E-state index in [1.807, 2.05) is 20.8 Å². The van der Waals surface area contributed by atoms with Gasteiger partial charge >= 0.3 is 6.09 Å². The fraction of sp³-hybridized carbons (Fsp3) is 0.727. The Bertz CT molecular complexity index is 280. The standard InChI is InChI=1S/C11H20N2O2S/c1-8(16)5-12-9-6-13(7-9)10(14)15-11(2,3)4/h9,12,16H,1,5-7H2,2-4H3. The van der Waals surface area contributed by atoms with E-state index < -0.39 is 5.60 Å². The minimum Gasteiger partial charge on any atom is -0.444 e. The molecule has 0 bridgehead atoms. The maximum atomic E-state index is 11.6. The summed E-state index contributed by atoms with van der Waals surface area (Å²) in [4.78, 5) is 14.1. The second-order valence-electron chi connectivity index (χ2n) is 5.03. The van der Waals surface area contributed by atoms with Crippen LogP contribution in [0.4, 0.5) is 4.79 Å². The van der Waals surface area contributed by atoms with Gasteiger partial charge in [0.1, 0.15) is 5.60 Å². The largest absolute Gasteiger partial charge is 0.444 e. The highest BCUT2D eigenvalue weighted by atomic mass is 32.1. The van der Waals surface area contributed by atoms with Gasteiger partial charge in [-0.1, -0.05) is 6.58 Å². The quantitative estimate of drug-likeness (QED) is 0.742. The van der Waals surface area contributed by atoms with Gasteiger partial charge in [-0.05, 0) is 25.7 Å². The molecule has 1 aliphatic heterocycles. The number of nitrogens with one attached hydrogen (secondary N) is 1. The number of ether oxygens (including phenoxy) is 1. The third-order valence-corrected chi connectivity index (χ3v) is 2.29. The first kappa shape index (κ1) is 13.4. The van der Waals surface area contributed by atoms with Crippen molar-refractivity contribution >= 4 is 18.7 Å². The maximum Gasteiger partial charge on any atom is 0.410 e. The van der Waals surface area contributed by atoms with E-state index >= 15 is 0 Å². The second kappa shape index (κ2) is 5.10. The summed E-state index contributed by atoms with van der Waals surface area (Å²) in [6, 6.07) is 0.330. The average molecular weight is 244 g/mol. The molecule has 1 fully saturated rings. The van der Waals surface area contributed by atoms with Crippen LogP contribution in [0.25, 0.3) is 0 Å². The Hall–Kier alpha value is -0.680. The van der Waals surface area contributed by atoms with Gasteiger partial charge in [-0.3, -0.25) is 0 Å². The summed E-state index contributed by atoms with van der Waals surface area (Å²) in [6.07, 6.45) is -0.241. The molecule has 1 heterocycles. The molecule has 92 valence electrons. The molecular weight excluding hydrogens is 224 g/mol. The molecule has 0 radical (unpaired) electrons. The molecule has 16 heavy (non-hydrogen) atoms. The fourth-order valence-corrected chi connectivity index (χ4v) is 1.44. The van der Waals surface area contributed by atoms with Crippen LogP contribution in [-0.2, 0) is 4.74 Å². The van der Waals surface area contributed by atoms with E-state index in [2.05, 4.69) is 24.5 Å². The van der Waals surface area contributed by atoms with Gasteiger partial charge < -0.3 is 15.0 Å². The van der Waals surface area contributed by atoms with Crippen molar-refractivity contribution in [2.24, 2.45) is 0 Å². The second-order valence-corrected chi connectivity index (χ2v) is 5.66. The summed E-state index contributed by atoms with van der Waals surface area (Å²) in [5.41, 5.74) is -0.422. The zero-order valence-electron chi connectivity index (χ0n) is 10.1. The Labute approximate surface area is 102 Å². The SMILES string of the molecule is C=C(S)CNC1CN(C(=O)OC(C)(C)C)C1.